The molecule has 0 fully saturated rings. The van der Waals surface area contributed by atoms with Gasteiger partial charge in [-0.2, -0.15) is 8.42 Å². The highest BCUT2D eigenvalue weighted by Gasteiger charge is 2.19. The van der Waals surface area contributed by atoms with E-state index in [-0.39, 0.29) is 23.0 Å². The van der Waals surface area contributed by atoms with E-state index in [2.05, 4.69) is 0 Å². The Morgan fingerprint density at radius 1 is 1.08 bits per heavy atom. The van der Waals surface area contributed by atoms with Crippen molar-refractivity contribution in [2.24, 2.45) is 0 Å². The van der Waals surface area contributed by atoms with Crippen molar-refractivity contribution < 1.29 is 26.9 Å². The summed E-state index contributed by atoms with van der Waals surface area (Å²) < 4.78 is 40.0. The molecule has 0 bridgehead atoms. The summed E-state index contributed by atoms with van der Waals surface area (Å²) in [6.45, 7) is 3.87. The van der Waals surface area contributed by atoms with Crippen LogP contribution in [-0.2, 0) is 19.6 Å². The summed E-state index contributed by atoms with van der Waals surface area (Å²) in [6.07, 6.45) is 2.82. The van der Waals surface area contributed by atoms with E-state index in [0.717, 1.165) is 5.56 Å². The first-order chi connectivity index (χ1) is 12.4. The molecule has 0 aromatic heterocycles. The number of benzene rings is 2. The lowest BCUT2D eigenvalue weighted by Crippen LogP contribution is -2.10. The van der Waals surface area contributed by atoms with Crippen molar-refractivity contribution in [3.05, 3.63) is 59.7 Å². The second-order valence-corrected chi connectivity index (χ2v) is 6.89. The number of esters is 1. The molecule has 0 aliphatic rings. The Morgan fingerprint density at radius 2 is 1.77 bits per heavy atom. The number of hydrogen-bond acceptors (Lipinski definition) is 6. The van der Waals surface area contributed by atoms with Crippen molar-refractivity contribution in [3.8, 4) is 11.5 Å². The van der Waals surface area contributed by atoms with Crippen molar-refractivity contribution in [1.82, 2.24) is 0 Å². The first-order valence-electron chi connectivity index (χ1n) is 7.89. The molecule has 0 spiro atoms. The van der Waals surface area contributed by atoms with Crippen LogP contribution in [0.1, 0.15) is 18.1 Å². The topological polar surface area (TPSA) is 78.9 Å². The predicted molar refractivity (Wildman–Crippen MR) is 97.7 cm³/mol. The lowest BCUT2D eigenvalue weighted by Gasteiger charge is -2.11. The number of ether oxygens (including phenoxy) is 2. The minimum absolute atomic E-state index is 0.0523. The van der Waals surface area contributed by atoms with Gasteiger partial charge < -0.3 is 13.7 Å². The molecule has 7 heteroatoms. The van der Waals surface area contributed by atoms with Crippen LogP contribution in [0.15, 0.2) is 53.4 Å². The molecule has 2 aromatic carbocycles. The Balaban J connectivity index is 2.24. The van der Waals surface area contributed by atoms with E-state index in [0.29, 0.717) is 5.56 Å². The van der Waals surface area contributed by atoms with Gasteiger partial charge in [-0.15, -0.1) is 0 Å². The van der Waals surface area contributed by atoms with Crippen LogP contribution in [-0.4, -0.2) is 28.1 Å². The second kappa shape index (κ2) is 8.53. The predicted octanol–water partition coefficient (Wildman–Crippen LogP) is 3.35. The third-order valence-corrected chi connectivity index (χ3v) is 4.64. The number of carbonyl (C=O) groups is 1. The third-order valence-electron chi connectivity index (χ3n) is 3.40. The van der Waals surface area contributed by atoms with Gasteiger partial charge in [0.05, 0.1) is 13.7 Å². The largest absolute Gasteiger partial charge is 0.493 e. The van der Waals surface area contributed by atoms with E-state index in [9.17, 15) is 13.2 Å². The lowest BCUT2D eigenvalue weighted by molar-refractivity contribution is -0.137. The van der Waals surface area contributed by atoms with Gasteiger partial charge in [-0.05, 0) is 49.8 Å². The fourth-order valence-electron chi connectivity index (χ4n) is 2.08. The molecule has 0 saturated heterocycles. The molecule has 0 atom stereocenters. The van der Waals surface area contributed by atoms with Crippen molar-refractivity contribution in [2.45, 2.75) is 18.7 Å². The monoisotopic (exact) mass is 376 g/mol. The summed E-state index contributed by atoms with van der Waals surface area (Å²) in [5.74, 6) is -0.179. The molecular weight excluding hydrogens is 356 g/mol. The van der Waals surface area contributed by atoms with Gasteiger partial charge in [0.25, 0.3) is 0 Å². The second-order valence-electron chi connectivity index (χ2n) is 5.35. The molecular formula is C19H20O6S. The van der Waals surface area contributed by atoms with Crippen LogP contribution in [0, 0.1) is 6.92 Å². The zero-order valence-electron chi connectivity index (χ0n) is 14.8. The van der Waals surface area contributed by atoms with Gasteiger partial charge in [0, 0.05) is 6.08 Å². The Labute approximate surface area is 153 Å². The summed E-state index contributed by atoms with van der Waals surface area (Å²) in [5.41, 5.74) is 1.58. The summed E-state index contributed by atoms with van der Waals surface area (Å²) in [7, 11) is -2.58. The van der Waals surface area contributed by atoms with Crippen LogP contribution in [0.4, 0.5) is 0 Å². The third kappa shape index (κ3) is 5.10. The first-order valence-corrected chi connectivity index (χ1v) is 9.30. The zero-order valence-corrected chi connectivity index (χ0v) is 15.6. The minimum Gasteiger partial charge on any atom is -0.493 e. The Hall–Kier alpha value is -2.80. The lowest BCUT2D eigenvalue weighted by atomic mass is 10.2. The van der Waals surface area contributed by atoms with E-state index in [1.165, 1.54) is 31.4 Å². The highest BCUT2D eigenvalue weighted by atomic mass is 32.2. The van der Waals surface area contributed by atoms with Crippen LogP contribution in [0.5, 0.6) is 11.5 Å². The van der Waals surface area contributed by atoms with Crippen molar-refractivity contribution in [3.63, 3.8) is 0 Å². The molecule has 2 rings (SSSR count). The molecule has 2 aromatic rings. The smallest absolute Gasteiger partial charge is 0.339 e. The average molecular weight is 376 g/mol. The van der Waals surface area contributed by atoms with Crippen LogP contribution < -0.4 is 8.92 Å². The van der Waals surface area contributed by atoms with E-state index >= 15 is 0 Å². The summed E-state index contributed by atoms with van der Waals surface area (Å²) >= 11 is 0. The Morgan fingerprint density at radius 3 is 2.38 bits per heavy atom. The van der Waals surface area contributed by atoms with Crippen molar-refractivity contribution >= 4 is 22.2 Å². The molecule has 0 radical (unpaired) electrons. The van der Waals surface area contributed by atoms with Gasteiger partial charge in [0.1, 0.15) is 4.90 Å². The van der Waals surface area contributed by atoms with Crippen LogP contribution in [0.2, 0.25) is 0 Å². The van der Waals surface area contributed by atoms with Crippen LogP contribution in [0.3, 0.4) is 0 Å². The molecule has 0 saturated carbocycles. The van der Waals surface area contributed by atoms with Crippen LogP contribution in [0.25, 0.3) is 6.08 Å². The SMILES string of the molecule is CCOC(=O)/C=C/c1ccc(OS(=O)(=O)c2ccc(C)cc2)c(OC)c1. The van der Waals surface area contributed by atoms with Gasteiger partial charge in [0.15, 0.2) is 11.5 Å². The quantitative estimate of drug-likeness (QED) is 0.419. The van der Waals surface area contributed by atoms with Gasteiger partial charge in [0.2, 0.25) is 0 Å². The van der Waals surface area contributed by atoms with Gasteiger partial charge in [-0.1, -0.05) is 23.8 Å². The molecule has 0 heterocycles. The molecule has 26 heavy (non-hydrogen) atoms. The van der Waals surface area contributed by atoms with E-state index in [1.54, 1.807) is 37.3 Å². The number of methoxy groups -OCH3 is 1. The average Bonchev–Trinajstić information content (AvgIpc) is 2.61. The molecule has 6 nitrogen and oxygen atoms in total. The Kier molecular flexibility index (Phi) is 6.41. The normalized spacial score (nSPS) is 11.3. The van der Waals surface area contributed by atoms with E-state index < -0.39 is 16.1 Å². The van der Waals surface area contributed by atoms with Gasteiger partial charge in [-0.3, -0.25) is 0 Å². The fourth-order valence-corrected chi connectivity index (χ4v) is 3.02. The summed E-state index contributed by atoms with van der Waals surface area (Å²) in [4.78, 5) is 11.4. The highest BCUT2D eigenvalue weighted by Crippen LogP contribution is 2.31. The maximum Gasteiger partial charge on any atom is 0.339 e. The molecule has 0 amide bonds. The zero-order chi connectivity index (χ0) is 19.2. The van der Waals surface area contributed by atoms with Crippen LogP contribution >= 0.6 is 0 Å². The molecule has 0 aliphatic carbocycles. The van der Waals surface area contributed by atoms with Gasteiger partial charge in [-0.25, -0.2) is 4.79 Å². The minimum atomic E-state index is -3.98. The number of hydrogen-bond donors (Lipinski definition) is 0. The Bertz CT molecular complexity index is 898. The molecule has 138 valence electrons. The maximum absolute atomic E-state index is 12.4. The number of rotatable bonds is 7. The van der Waals surface area contributed by atoms with E-state index in [1.807, 2.05) is 6.92 Å². The molecule has 0 aliphatic heterocycles. The standard InChI is InChI=1S/C19H20O6S/c1-4-24-19(20)12-8-15-7-11-17(18(13-15)23-3)25-26(21,22)16-9-5-14(2)6-10-16/h5-13H,4H2,1-3H3/b12-8+. The van der Waals surface area contributed by atoms with Gasteiger partial charge >= 0.3 is 16.1 Å². The first kappa shape index (κ1) is 19.5. The number of carbonyl (C=O) groups excluding carboxylic acids is 1. The van der Waals surface area contributed by atoms with Crippen molar-refractivity contribution in [1.29, 1.82) is 0 Å². The molecule has 0 unspecified atom stereocenters. The summed E-state index contributed by atoms with van der Waals surface area (Å²) in [6, 6.07) is 11.0. The highest BCUT2D eigenvalue weighted by molar-refractivity contribution is 7.87. The maximum atomic E-state index is 12.4. The summed E-state index contributed by atoms with van der Waals surface area (Å²) in [5, 5.41) is 0. The molecule has 0 N–H and O–H groups in total. The van der Waals surface area contributed by atoms with Crippen molar-refractivity contribution in [2.75, 3.05) is 13.7 Å². The number of aryl methyl sites for hydroxylation is 1. The van der Waals surface area contributed by atoms with E-state index in [4.69, 9.17) is 13.7 Å². The fraction of sp³-hybridized carbons (Fsp3) is 0.211.